The van der Waals surface area contributed by atoms with Crippen LogP contribution in [0.15, 0.2) is 206 Å². The second kappa shape index (κ2) is 14.3. The molecule has 0 amide bonds. The predicted octanol–water partition coefficient (Wildman–Crippen LogP) is 12.5. The maximum absolute atomic E-state index is 5.10. The van der Waals surface area contributed by atoms with E-state index in [0.717, 1.165) is 61.7 Å². The van der Waals surface area contributed by atoms with Gasteiger partial charge >= 0.3 is 0 Å². The standard InChI is InChI=1S/C50H34N6/c1-5-16-36(17-6-1)48-52-49(37-18-7-2-8-19-37)54-50(53-48)38-30-33-46(51-34-38)56-45-27-14-13-24-43(45)44-26-15-25-42(47(44)56)35-28-31-41(32-29-35)55(39-20-9-3-10-21-39)40-22-11-4-12-23-40/h1-34H. The lowest BCUT2D eigenvalue weighted by atomic mass is 10.0. The Morgan fingerprint density at radius 2 is 0.839 bits per heavy atom. The van der Waals surface area contributed by atoms with Crippen molar-refractivity contribution in [2.24, 2.45) is 0 Å². The first-order chi connectivity index (χ1) is 27.8. The molecule has 264 valence electrons. The minimum Gasteiger partial charge on any atom is -0.311 e. The normalized spacial score (nSPS) is 11.2. The highest BCUT2D eigenvalue weighted by atomic mass is 15.1. The lowest BCUT2D eigenvalue weighted by Crippen LogP contribution is -2.09. The van der Waals surface area contributed by atoms with Crippen LogP contribution in [0.5, 0.6) is 0 Å². The zero-order chi connectivity index (χ0) is 37.3. The number of hydrogen-bond donors (Lipinski definition) is 0. The van der Waals surface area contributed by atoms with E-state index in [4.69, 9.17) is 19.9 Å². The molecular formula is C50H34N6. The molecule has 6 nitrogen and oxygen atoms in total. The summed E-state index contributed by atoms with van der Waals surface area (Å²) >= 11 is 0. The first-order valence-corrected chi connectivity index (χ1v) is 18.6. The number of pyridine rings is 1. The van der Waals surface area contributed by atoms with Gasteiger partial charge in [-0.1, -0.05) is 146 Å². The molecule has 3 aromatic heterocycles. The molecule has 0 saturated heterocycles. The van der Waals surface area contributed by atoms with E-state index in [1.807, 2.05) is 79.0 Å². The summed E-state index contributed by atoms with van der Waals surface area (Å²) in [5, 5.41) is 2.34. The number of rotatable bonds is 8. The van der Waals surface area contributed by atoms with Gasteiger partial charge in [0.1, 0.15) is 5.82 Å². The highest BCUT2D eigenvalue weighted by Crippen LogP contribution is 2.40. The Morgan fingerprint density at radius 3 is 1.41 bits per heavy atom. The first kappa shape index (κ1) is 32.9. The lowest BCUT2D eigenvalue weighted by Gasteiger charge is -2.25. The predicted molar refractivity (Wildman–Crippen MR) is 228 cm³/mol. The van der Waals surface area contributed by atoms with Gasteiger partial charge in [0.25, 0.3) is 0 Å². The topological polar surface area (TPSA) is 59.7 Å². The molecule has 10 rings (SSSR count). The number of aromatic nitrogens is 5. The van der Waals surface area contributed by atoms with E-state index in [2.05, 4.69) is 137 Å². The second-order valence-electron chi connectivity index (χ2n) is 13.6. The molecule has 0 unspecified atom stereocenters. The molecule has 0 aliphatic heterocycles. The Balaban J connectivity index is 1.08. The van der Waals surface area contributed by atoms with E-state index >= 15 is 0 Å². The summed E-state index contributed by atoms with van der Waals surface area (Å²) in [6.45, 7) is 0. The molecule has 0 aliphatic rings. The van der Waals surface area contributed by atoms with E-state index in [1.54, 1.807) is 0 Å². The number of para-hydroxylation sites is 4. The SMILES string of the molecule is c1ccc(-c2nc(-c3ccccc3)nc(-c3ccc(-n4c5ccccc5c5cccc(-c6ccc(N(c7ccccc7)c7ccccc7)cc6)c54)nc3)n2)cc1. The molecule has 56 heavy (non-hydrogen) atoms. The van der Waals surface area contributed by atoms with Gasteiger partial charge in [0, 0.05) is 56.3 Å². The van der Waals surface area contributed by atoms with Crippen molar-refractivity contribution in [2.75, 3.05) is 4.90 Å². The van der Waals surface area contributed by atoms with Gasteiger partial charge in [0.15, 0.2) is 17.5 Å². The minimum absolute atomic E-state index is 0.569. The van der Waals surface area contributed by atoms with E-state index in [9.17, 15) is 0 Å². The van der Waals surface area contributed by atoms with Crippen molar-refractivity contribution in [3.8, 4) is 51.1 Å². The molecule has 0 bridgehead atoms. The van der Waals surface area contributed by atoms with Gasteiger partial charge in [0.2, 0.25) is 0 Å². The molecule has 7 aromatic carbocycles. The van der Waals surface area contributed by atoms with Gasteiger partial charge in [-0.15, -0.1) is 0 Å². The Labute approximate surface area is 324 Å². The molecule has 6 heteroatoms. The summed E-state index contributed by atoms with van der Waals surface area (Å²) < 4.78 is 2.27. The van der Waals surface area contributed by atoms with Gasteiger partial charge in [-0.05, 0) is 60.2 Å². The molecule has 0 radical (unpaired) electrons. The summed E-state index contributed by atoms with van der Waals surface area (Å²) in [5.74, 6) is 2.61. The van der Waals surface area contributed by atoms with Crippen LogP contribution in [0.4, 0.5) is 17.1 Å². The summed E-state index contributed by atoms with van der Waals surface area (Å²) in [6.07, 6.45) is 1.87. The van der Waals surface area contributed by atoms with Crippen molar-refractivity contribution >= 4 is 38.9 Å². The quantitative estimate of drug-likeness (QED) is 0.157. The zero-order valence-electron chi connectivity index (χ0n) is 30.3. The number of hydrogen-bond acceptors (Lipinski definition) is 5. The molecule has 0 atom stereocenters. The highest BCUT2D eigenvalue weighted by molar-refractivity contribution is 6.13. The van der Waals surface area contributed by atoms with Crippen molar-refractivity contribution in [3.05, 3.63) is 206 Å². The average molecular weight is 719 g/mol. The molecule has 0 N–H and O–H groups in total. The molecule has 0 spiro atoms. The summed E-state index contributed by atoms with van der Waals surface area (Å²) in [7, 11) is 0. The number of nitrogens with zero attached hydrogens (tertiary/aromatic N) is 6. The van der Waals surface area contributed by atoms with Gasteiger partial charge in [-0.25, -0.2) is 19.9 Å². The van der Waals surface area contributed by atoms with Crippen LogP contribution in [0.2, 0.25) is 0 Å². The fourth-order valence-electron chi connectivity index (χ4n) is 7.47. The molecule has 3 heterocycles. The van der Waals surface area contributed by atoms with Crippen molar-refractivity contribution in [1.82, 2.24) is 24.5 Å². The monoisotopic (exact) mass is 718 g/mol. The van der Waals surface area contributed by atoms with E-state index < -0.39 is 0 Å². The fourth-order valence-corrected chi connectivity index (χ4v) is 7.47. The molecule has 0 saturated carbocycles. The average Bonchev–Trinajstić information content (AvgIpc) is 3.63. The maximum atomic E-state index is 5.10. The molecule has 0 fully saturated rings. The Morgan fingerprint density at radius 1 is 0.357 bits per heavy atom. The Kier molecular flexibility index (Phi) is 8.39. The van der Waals surface area contributed by atoms with Crippen LogP contribution in [0, 0.1) is 0 Å². The van der Waals surface area contributed by atoms with Crippen molar-refractivity contribution in [2.45, 2.75) is 0 Å². The summed E-state index contributed by atoms with van der Waals surface area (Å²) in [5.41, 5.74) is 10.4. The van der Waals surface area contributed by atoms with Crippen LogP contribution in [-0.2, 0) is 0 Å². The maximum Gasteiger partial charge on any atom is 0.165 e. The third kappa shape index (κ3) is 6.05. The smallest absolute Gasteiger partial charge is 0.165 e. The Bertz CT molecular complexity index is 2830. The van der Waals surface area contributed by atoms with Crippen LogP contribution in [0.1, 0.15) is 0 Å². The van der Waals surface area contributed by atoms with Crippen LogP contribution in [-0.4, -0.2) is 24.5 Å². The number of fused-ring (bicyclic) bond motifs is 3. The van der Waals surface area contributed by atoms with Gasteiger partial charge in [-0.3, -0.25) is 4.57 Å². The van der Waals surface area contributed by atoms with Gasteiger partial charge in [0.05, 0.1) is 11.0 Å². The first-order valence-electron chi connectivity index (χ1n) is 18.6. The van der Waals surface area contributed by atoms with E-state index in [1.165, 1.54) is 10.8 Å². The van der Waals surface area contributed by atoms with Crippen LogP contribution < -0.4 is 4.90 Å². The third-order valence-electron chi connectivity index (χ3n) is 10.1. The Hall–Kier alpha value is -7.70. The summed E-state index contributed by atoms with van der Waals surface area (Å²) in [6, 6.07) is 69.1. The number of anilines is 3. The lowest BCUT2D eigenvalue weighted by molar-refractivity contribution is 1.05. The second-order valence-corrected chi connectivity index (χ2v) is 13.6. The van der Waals surface area contributed by atoms with Crippen molar-refractivity contribution in [3.63, 3.8) is 0 Å². The van der Waals surface area contributed by atoms with Gasteiger partial charge < -0.3 is 4.90 Å². The molecule has 10 aromatic rings. The molecular weight excluding hydrogens is 685 g/mol. The minimum atomic E-state index is 0.569. The molecule has 0 aliphatic carbocycles. The van der Waals surface area contributed by atoms with E-state index in [0.29, 0.717) is 17.5 Å². The highest BCUT2D eigenvalue weighted by Gasteiger charge is 2.19. The largest absolute Gasteiger partial charge is 0.311 e. The summed E-state index contributed by atoms with van der Waals surface area (Å²) in [4.78, 5) is 22.1. The van der Waals surface area contributed by atoms with Crippen LogP contribution in [0.3, 0.4) is 0 Å². The fraction of sp³-hybridized carbons (Fsp3) is 0. The van der Waals surface area contributed by atoms with Crippen molar-refractivity contribution in [1.29, 1.82) is 0 Å². The van der Waals surface area contributed by atoms with Crippen molar-refractivity contribution < 1.29 is 0 Å². The van der Waals surface area contributed by atoms with Crippen LogP contribution >= 0.6 is 0 Å². The van der Waals surface area contributed by atoms with Gasteiger partial charge in [-0.2, -0.15) is 0 Å². The van der Waals surface area contributed by atoms with E-state index in [-0.39, 0.29) is 0 Å². The van der Waals surface area contributed by atoms with Crippen LogP contribution in [0.25, 0.3) is 72.9 Å². The number of benzene rings is 7. The zero-order valence-corrected chi connectivity index (χ0v) is 30.3. The third-order valence-corrected chi connectivity index (χ3v) is 10.1.